The number of morpholine rings is 1. The van der Waals surface area contributed by atoms with E-state index in [4.69, 9.17) is 10.5 Å². The first-order valence-electron chi connectivity index (χ1n) is 5.79. The molecule has 1 fully saturated rings. The first-order valence-corrected chi connectivity index (χ1v) is 5.79. The molecule has 1 aromatic rings. The number of benzene rings is 1. The second-order valence-electron chi connectivity index (χ2n) is 4.55. The van der Waals surface area contributed by atoms with Gasteiger partial charge in [-0.15, -0.1) is 0 Å². The monoisotopic (exact) mass is 220 g/mol. The van der Waals surface area contributed by atoms with Crippen molar-refractivity contribution < 1.29 is 4.74 Å². The summed E-state index contributed by atoms with van der Waals surface area (Å²) in [5, 5.41) is 0. The highest BCUT2D eigenvalue weighted by Crippen LogP contribution is 2.22. The van der Waals surface area contributed by atoms with E-state index < -0.39 is 0 Å². The Balaban J connectivity index is 2.12. The van der Waals surface area contributed by atoms with Gasteiger partial charge in [-0.1, -0.05) is 24.3 Å². The molecule has 0 aliphatic carbocycles. The largest absolute Gasteiger partial charge is 0.374 e. The first kappa shape index (κ1) is 11.6. The van der Waals surface area contributed by atoms with Crippen molar-refractivity contribution in [3.8, 4) is 0 Å². The minimum Gasteiger partial charge on any atom is -0.374 e. The van der Waals surface area contributed by atoms with Crippen molar-refractivity contribution in [2.75, 3.05) is 26.7 Å². The summed E-state index contributed by atoms with van der Waals surface area (Å²) in [4.78, 5) is 2.27. The molecule has 0 saturated carbocycles. The first-order chi connectivity index (χ1) is 7.68. The van der Waals surface area contributed by atoms with E-state index in [0.717, 1.165) is 19.7 Å². The fourth-order valence-corrected chi connectivity index (χ4v) is 2.19. The molecule has 2 rings (SSSR count). The molecule has 0 amide bonds. The van der Waals surface area contributed by atoms with Crippen molar-refractivity contribution in [2.45, 2.75) is 19.1 Å². The van der Waals surface area contributed by atoms with E-state index >= 15 is 0 Å². The normalized spacial score (nSPS) is 24.3. The van der Waals surface area contributed by atoms with Gasteiger partial charge in [0.1, 0.15) is 0 Å². The Morgan fingerprint density at radius 3 is 2.88 bits per heavy atom. The van der Waals surface area contributed by atoms with Crippen LogP contribution in [0.2, 0.25) is 0 Å². The van der Waals surface area contributed by atoms with Crippen LogP contribution in [0.1, 0.15) is 17.2 Å². The lowest BCUT2D eigenvalue weighted by atomic mass is 9.97. The lowest BCUT2D eigenvalue weighted by molar-refractivity contribution is -0.0327. The zero-order valence-corrected chi connectivity index (χ0v) is 10.0. The molecule has 3 nitrogen and oxygen atoms in total. The van der Waals surface area contributed by atoms with Gasteiger partial charge in [0.15, 0.2) is 0 Å². The molecule has 2 atom stereocenters. The summed E-state index contributed by atoms with van der Waals surface area (Å²) >= 11 is 0. The third-order valence-electron chi connectivity index (χ3n) is 3.24. The van der Waals surface area contributed by atoms with Crippen LogP contribution in [0.4, 0.5) is 0 Å². The van der Waals surface area contributed by atoms with Crippen molar-refractivity contribution in [2.24, 2.45) is 5.73 Å². The molecule has 0 spiro atoms. The number of aryl methyl sites for hydroxylation is 1. The van der Waals surface area contributed by atoms with E-state index in [2.05, 4.69) is 31.0 Å². The van der Waals surface area contributed by atoms with Crippen LogP contribution < -0.4 is 5.73 Å². The van der Waals surface area contributed by atoms with Crippen LogP contribution in [0.5, 0.6) is 0 Å². The highest BCUT2D eigenvalue weighted by molar-refractivity contribution is 5.29. The number of hydrogen-bond donors (Lipinski definition) is 1. The molecule has 88 valence electrons. The predicted molar refractivity (Wildman–Crippen MR) is 65.3 cm³/mol. The van der Waals surface area contributed by atoms with E-state index in [1.165, 1.54) is 11.1 Å². The number of hydrogen-bond acceptors (Lipinski definition) is 3. The zero-order valence-electron chi connectivity index (χ0n) is 10.0. The Morgan fingerprint density at radius 2 is 2.19 bits per heavy atom. The molecule has 1 heterocycles. The second kappa shape index (κ2) is 4.95. The van der Waals surface area contributed by atoms with Gasteiger partial charge in [0.25, 0.3) is 0 Å². The van der Waals surface area contributed by atoms with Crippen molar-refractivity contribution in [1.29, 1.82) is 0 Å². The summed E-state index contributed by atoms with van der Waals surface area (Å²) in [5.74, 6) is 0. The molecule has 3 heteroatoms. The van der Waals surface area contributed by atoms with Crippen LogP contribution in [-0.2, 0) is 4.74 Å². The van der Waals surface area contributed by atoms with Gasteiger partial charge in [0, 0.05) is 13.1 Å². The highest BCUT2D eigenvalue weighted by Gasteiger charge is 2.25. The minimum atomic E-state index is -0.0241. The van der Waals surface area contributed by atoms with E-state index in [-0.39, 0.29) is 12.1 Å². The number of rotatable bonds is 2. The maximum absolute atomic E-state index is 6.28. The van der Waals surface area contributed by atoms with Gasteiger partial charge in [-0.05, 0) is 25.1 Å². The standard InChI is InChI=1S/C13H20N2O/c1-10-5-3-4-6-11(10)13(14)12-9-15(2)7-8-16-12/h3-6,12-13H,7-9,14H2,1-2H3. The van der Waals surface area contributed by atoms with Gasteiger partial charge in [-0.2, -0.15) is 0 Å². The highest BCUT2D eigenvalue weighted by atomic mass is 16.5. The van der Waals surface area contributed by atoms with Gasteiger partial charge in [-0.25, -0.2) is 0 Å². The average Bonchev–Trinajstić information content (AvgIpc) is 2.29. The summed E-state index contributed by atoms with van der Waals surface area (Å²) in [6, 6.07) is 8.25. The van der Waals surface area contributed by atoms with Crippen LogP contribution in [0.3, 0.4) is 0 Å². The number of nitrogens with zero attached hydrogens (tertiary/aromatic N) is 1. The van der Waals surface area contributed by atoms with Crippen LogP contribution in [-0.4, -0.2) is 37.7 Å². The molecular formula is C13H20N2O. The molecule has 2 unspecified atom stereocenters. The SMILES string of the molecule is Cc1ccccc1C(N)C1CN(C)CCO1. The molecule has 0 radical (unpaired) electrons. The van der Waals surface area contributed by atoms with Gasteiger partial charge in [-0.3, -0.25) is 0 Å². The molecule has 0 aromatic heterocycles. The summed E-state index contributed by atoms with van der Waals surface area (Å²) in [7, 11) is 2.11. The Bertz CT molecular complexity index is 354. The maximum Gasteiger partial charge on any atom is 0.0894 e. The Labute approximate surface area is 97.2 Å². The predicted octanol–water partition coefficient (Wildman–Crippen LogP) is 1.33. The van der Waals surface area contributed by atoms with Crippen LogP contribution in [0, 0.1) is 6.92 Å². The molecule has 0 bridgehead atoms. The molecule has 1 saturated heterocycles. The molecular weight excluding hydrogens is 200 g/mol. The van der Waals surface area contributed by atoms with Crippen LogP contribution >= 0.6 is 0 Å². The quantitative estimate of drug-likeness (QED) is 0.817. The van der Waals surface area contributed by atoms with Gasteiger partial charge in [0.05, 0.1) is 18.8 Å². The van der Waals surface area contributed by atoms with E-state index in [1.807, 2.05) is 12.1 Å². The number of likely N-dealkylation sites (N-methyl/N-ethyl adjacent to an activating group) is 1. The lowest BCUT2D eigenvalue weighted by Crippen LogP contribution is -2.45. The van der Waals surface area contributed by atoms with Crippen molar-refractivity contribution in [1.82, 2.24) is 4.90 Å². The summed E-state index contributed by atoms with van der Waals surface area (Å²) in [6.45, 7) is 4.79. The fourth-order valence-electron chi connectivity index (χ4n) is 2.19. The van der Waals surface area contributed by atoms with E-state index in [0.29, 0.717) is 0 Å². The molecule has 16 heavy (non-hydrogen) atoms. The molecule has 1 aliphatic rings. The summed E-state index contributed by atoms with van der Waals surface area (Å²) in [5.41, 5.74) is 8.72. The van der Waals surface area contributed by atoms with Crippen molar-refractivity contribution in [3.63, 3.8) is 0 Å². The third-order valence-corrected chi connectivity index (χ3v) is 3.24. The zero-order chi connectivity index (χ0) is 11.5. The number of nitrogens with two attached hydrogens (primary N) is 1. The van der Waals surface area contributed by atoms with Crippen molar-refractivity contribution >= 4 is 0 Å². The molecule has 2 N–H and O–H groups in total. The fraction of sp³-hybridized carbons (Fsp3) is 0.538. The Morgan fingerprint density at radius 1 is 1.44 bits per heavy atom. The lowest BCUT2D eigenvalue weighted by Gasteiger charge is -2.34. The van der Waals surface area contributed by atoms with Crippen LogP contribution in [0.25, 0.3) is 0 Å². The van der Waals surface area contributed by atoms with Gasteiger partial charge < -0.3 is 15.4 Å². The van der Waals surface area contributed by atoms with E-state index in [1.54, 1.807) is 0 Å². The van der Waals surface area contributed by atoms with Gasteiger partial charge in [0.2, 0.25) is 0 Å². The van der Waals surface area contributed by atoms with Gasteiger partial charge >= 0.3 is 0 Å². The second-order valence-corrected chi connectivity index (χ2v) is 4.55. The maximum atomic E-state index is 6.28. The van der Waals surface area contributed by atoms with E-state index in [9.17, 15) is 0 Å². The third kappa shape index (κ3) is 2.43. The van der Waals surface area contributed by atoms with Crippen LogP contribution in [0.15, 0.2) is 24.3 Å². The summed E-state index contributed by atoms with van der Waals surface area (Å²) < 4.78 is 5.75. The number of ether oxygens (including phenoxy) is 1. The Hall–Kier alpha value is -0.900. The molecule has 1 aromatic carbocycles. The smallest absolute Gasteiger partial charge is 0.0894 e. The minimum absolute atomic E-state index is 0.0241. The topological polar surface area (TPSA) is 38.5 Å². The average molecular weight is 220 g/mol. The van der Waals surface area contributed by atoms with Crippen molar-refractivity contribution in [3.05, 3.63) is 35.4 Å². The molecule has 1 aliphatic heterocycles. The summed E-state index contributed by atoms with van der Waals surface area (Å²) in [6.07, 6.45) is 0.111. The Kier molecular flexibility index (Phi) is 3.59.